The zero-order valence-corrected chi connectivity index (χ0v) is 12.6. The molecule has 2 amide bonds. The molecule has 1 saturated carbocycles. The number of carbonyl (C=O) groups excluding carboxylic acids is 1. The maximum atomic E-state index is 12.0. The third-order valence-electron chi connectivity index (χ3n) is 3.96. The molecule has 6 nitrogen and oxygen atoms in total. The summed E-state index contributed by atoms with van der Waals surface area (Å²) in [6.45, 7) is 4.39. The molecule has 20 heavy (non-hydrogen) atoms. The Balaban J connectivity index is 2.66. The first kappa shape index (κ1) is 16.8. The first-order valence-corrected chi connectivity index (χ1v) is 7.24. The number of carboxylic acid groups (broad SMARTS) is 1. The minimum Gasteiger partial charge on any atom is -0.480 e. The first-order chi connectivity index (χ1) is 9.43. The van der Waals surface area contributed by atoms with Gasteiger partial charge in [0.05, 0.1) is 12.6 Å². The molecule has 0 aliphatic heterocycles. The van der Waals surface area contributed by atoms with E-state index >= 15 is 0 Å². The van der Waals surface area contributed by atoms with Crippen molar-refractivity contribution in [2.24, 2.45) is 5.92 Å². The molecule has 116 valence electrons. The molecule has 0 aromatic heterocycles. The van der Waals surface area contributed by atoms with Gasteiger partial charge >= 0.3 is 12.0 Å². The Kier molecular flexibility index (Phi) is 6.26. The molecule has 1 rings (SSSR count). The average Bonchev–Trinajstić information content (AvgIpc) is 2.37. The van der Waals surface area contributed by atoms with Gasteiger partial charge in [0.1, 0.15) is 5.54 Å². The highest BCUT2D eigenvalue weighted by Gasteiger charge is 2.43. The van der Waals surface area contributed by atoms with Crippen LogP contribution in [-0.4, -0.2) is 42.4 Å². The van der Waals surface area contributed by atoms with Gasteiger partial charge < -0.3 is 20.5 Å². The maximum absolute atomic E-state index is 12.0. The van der Waals surface area contributed by atoms with E-state index in [9.17, 15) is 14.7 Å². The molecule has 0 radical (unpaired) electrons. The van der Waals surface area contributed by atoms with Crippen LogP contribution >= 0.6 is 0 Å². The topological polar surface area (TPSA) is 87.7 Å². The Morgan fingerprint density at radius 1 is 1.50 bits per heavy atom. The van der Waals surface area contributed by atoms with Crippen LogP contribution in [0.15, 0.2) is 0 Å². The van der Waals surface area contributed by atoms with Crippen molar-refractivity contribution in [3.63, 3.8) is 0 Å². The van der Waals surface area contributed by atoms with E-state index in [4.69, 9.17) is 4.74 Å². The van der Waals surface area contributed by atoms with Gasteiger partial charge in [0, 0.05) is 7.11 Å². The minimum absolute atomic E-state index is 0.105. The number of carbonyl (C=O) groups is 2. The van der Waals surface area contributed by atoms with Gasteiger partial charge in [-0.2, -0.15) is 0 Å². The molecule has 0 saturated heterocycles. The highest BCUT2D eigenvalue weighted by molar-refractivity contribution is 5.86. The van der Waals surface area contributed by atoms with Crippen LogP contribution < -0.4 is 10.6 Å². The second-order valence-corrected chi connectivity index (χ2v) is 5.75. The van der Waals surface area contributed by atoms with Crippen molar-refractivity contribution in [2.45, 2.75) is 57.5 Å². The number of aliphatic carboxylic acids is 1. The van der Waals surface area contributed by atoms with Crippen molar-refractivity contribution in [1.82, 2.24) is 10.6 Å². The van der Waals surface area contributed by atoms with Gasteiger partial charge in [-0.05, 0) is 25.2 Å². The molecular formula is C14H26N2O4. The second-order valence-electron chi connectivity index (χ2n) is 5.75. The number of methoxy groups -OCH3 is 1. The quantitative estimate of drug-likeness (QED) is 0.694. The molecule has 0 heterocycles. The number of carboxylic acids is 1. The number of hydrogen-bond donors (Lipinski definition) is 3. The van der Waals surface area contributed by atoms with E-state index in [2.05, 4.69) is 10.6 Å². The molecule has 3 atom stereocenters. The molecular weight excluding hydrogens is 260 g/mol. The SMILES string of the molecule is CCC(COC)NC(=O)NC1(C(=O)O)CCCC(C)C1. The molecule has 1 fully saturated rings. The molecule has 3 unspecified atom stereocenters. The van der Waals surface area contributed by atoms with Gasteiger partial charge in [-0.25, -0.2) is 9.59 Å². The molecule has 0 spiro atoms. The molecule has 6 heteroatoms. The average molecular weight is 286 g/mol. The van der Waals surface area contributed by atoms with Crippen LogP contribution in [0.2, 0.25) is 0 Å². The van der Waals surface area contributed by atoms with Crippen LogP contribution in [0.25, 0.3) is 0 Å². The fourth-order valence-corrected chi connectivity index (χ4v) is 2.81. The lowest BCUT2D eigenvalue weighted by Crippen LogP contribution is -2.60. The number of hydrogen-bond acceptors (Lipinski definition) is 3. The third kappa shape index (κ3) is 4.37. The van der Waals surface area contributed by atoms with E-state index in [0.717, 1.165) is 19.3 Å². The van der Waals surface area contributed by atoms with E-state index in [0.29, 0.717) is 25.4 Å². The zero-order valence-electron chi connectivity index (χ0n) is 12.6. The van der Waals surface area contributed by atoms with Gasteiger partial charge in [-0.3, -0.25) is 0 Å². The van der Waals surface area contributed by atoms with Gasteiger partial charge in [0.25, 0.3) is 0 Å². The van der Waals surface area contributed by atoms with E-state index in [-0.39, 0.29) is 6.04 Å². The van der Waals surface area contributed by atoms with Crippen LogP contribution in [0.5, 0.6) is 0 Å². The van der Waals surface area contributed by atoms with E-state index in [1.54, 1.807) is 7.11 Å². The Bertz CT molecular complexity index is 348. The van der Waals surface area contributed by atoms with Crippen LogP contribution in [0.4, 0.5) is 4.79 Å². The van der Waals surface area contributed by atoms with Crippen molar-refractivity contribution in [3.8, 4) is 0 Å². The summed E-state index contributed by atoms with van der Waals surface area (Å²) in [6.07, 6.45) is 3.54. The summed E-state index contributed by atoms with van der Waals surface area (Å²) in [4.78, 5) is 23.6. The Labute approximate surface area is 120 Å². The lowest BCUT2D eigenvalue weighted by molar-refractivity contribution is -0.146. The van der Waals surface area contributed by atoms with Crippen LogP contribution in [-0.2, 0) is 9.53 Å². The highest BCUT2D eigenvalue weighted by Crippen LogP contribution is 2.32. The number of rotatable bonds is 6. The van der Waals surface area contributed by atoms with Crippen molar-refractivity contribution in [2.75, 3.05) is 13.7 Å². The molecule has 1 aliphatic rings. The van der Waals surface area contributed by atoms with E-state index < -0.39 is 17.5 Å². The number of amides is 2. The lowest BCUT2D eigenvalue weighted by Gasteiger charge is -2.37. The largest absolute Gasteiger partial charge is 0.480 e. The summed E-state index contributed by atoms with van der Waals surface area (Å²) in [5, 5.41) is 14.9. The van der Waals surface area contributed by atoms with Gasteiger partial charge in [0.2, 0.25) is 0 Å². The predicted molar refractivity (Wildman–Crippen MR) is 75.6 cm³/mol. The van der Waals surface area contributed by atoms with Crippen molar-refractivity contribution in [3.05, 3.63) is 0 Å². The van der Waals surface area contributed by atoms with Gasteiger partial charge in [-0.15, -0.1) is 0 Å². The summed E-state index contributed by atoms with van der Waals surface area (Å²) in [6, 6.07) is -0.530. The molecule has 0 aromatic rings. The fraction of sp³-hybridized carbons (Fsp3) is 0.857. The summed E-state index contributed by atoms with van der Waals surface area (Å²) in [5.74, 6) is -0.639. The highest BCUT2D eigenvalue weighted by atomic mass is 16.5. The normalized spacial score (nSPS) is 27.6. The monoisotopic (exact) mass is 286 g/mol. The van der Waals surface area contributed by atoms with Crippen LogP contribution in [0, 0.1) is 5.92 Å². The second kappa shape index (κ2) is 7.47. The van der Waals surface area contributed by atoms with E-state index in [1.165, 1.54) is 0 Å². The summed E-state index contributed by atoms with van der Waals surface area (Å²) >= 11 is 0. The predicted octanol–water partition coefficient (Wildman–Crippen LogP) is 1.74. The standard InChI is InChI=1S/C14H26N2O4/c1-4-11(9-20-3)15-13(19)16-14(12(17)18)7-5-6-10(2)8-14/h10-11H,4-9H2,1-3H3,(H,17,18)(H2,15,16,19). The van der Waals surface area contributed by atoms with Gasteiger partial charge in [0.15, 0.2) is 0 Å². The van der Waals surface area contributed by atoms with Crippen molar-refractivity contribution in [1.29, 1.82) is 0 Å². The lowest BCUT2D eigenvalue weighted by atomic mass is 9.76. The smallest absolute Gasteiger partial charge is 0.329 e. The minimum atomic E-state index is -1.13. The van der Waals surface area contributed by atoms with Crippen LogP contribution in [0.1, 0.15) is 46.0 Å². The van der Waals surface area contributed by atoms with Gasteiger partial charge in [-0.1, -0.05) is 26.7 Å². The Hall–Kier alpha value is -1.30. The molecule has 0 bridgehead atoms. The maximum Gasteiger partial charge on any atom is 0.329 e. The number of ether oxygens (including phenoxy) is 1. The Morgan fingerprint density at radius 3 is 2.70 bits per heavy atom. The molecule has 0 aromatic carbocycles. The molecule has 3 N–H and O–H groups in total. The number of urea groups is 1. The fourth-order valence-electron chi connectivity index (χ4n) is 2.81. The zero-order chi connectivity index (χ0) is 15.2. The summed E-state index contributed by atoms with van der Waals surface area (Å²) in [5.41, 5.74) is -1.13. The van der Waals surface area contributed by atoms with Crippen LogP contribution in [0.3, 0.4) is 0 Å². The Morgan fingerprint density at radius 2 is 2.20 bits per heavy atom. The van der Waals surface area contributed by atoms with Crippen molar-refractivity contribution >= 4 is 12.0 Å². The van der Waals surface area contributed by atoms with E-state index in [1.807, 2.05) is 13.8 Å². The third-order valence-corrected chi connectivity index (χ3v) is 3.96. The number of nitrogens with one attached hydrogen (secondary N) is 2. The summed E-state index contributed by atoms with van der Waals surface area (Å²) in [7, 11) is 1.57. The molecule has 1 aliphatic carbocycles. The van der Waals surface area contributed by atoms with Crippen molar-refractivity contribution < 1.29 is 19.4 Å². The first-order valence-electron chi connectivity index (χ1n) is 7.24. The summed E-state index contributed by atoms with van der Waals surface area (Å²) < 4.78 is 5.02.